The summed E-state index contributed by atoms with van der Waals surface area (Å²) in [6.07, 6.45) is 0. The lowest BCUT2D eigenvalue weighted by Crippen LogP contribution is -2.50. The number of amides is 2. The SMILES string of the molecule is Cc1cc(C)c(C)c(S(=O)(=O)N[C@@H](C)C(=O)NCC(=O)NC(C)(C)C)c1C. The molecular formula is C19H31N3O4S. The number of carbonyl (C=O) groups is 2. The molecule has 8 heteroatoms. The van der Waals surface area contributed by atoms with Gasteiger partial charge in [0.05, 0.1) is 17.5 Å². The fraction of sp³-hybridized carbons (Fsp3) is 0.579. The maximum atomic E-state index is 12.8. The van der Waals surface area contributed by atoms with Crippen LogP contribution in [0.25, 0.3) is 0 Å². The average Bonchev–Trinajstić information content (AvgIpc) is 2.48. The quantitative estimate of drug-likeness (QED) is 0.678. The lowest BCUT2D eigenvalue weighted by molar-refractivity contribution is -0.127. The van der Waals surface area contributed by atoms with E-state index in [1.54, 1.807) is 13.8 Å². The summed E-state index contributed by atoms with van der Waals surface area (Å²) in [4.78, 5) is 24.2. The maximum absolute atomic E-state index is 12.8. The van der Waals surface area contributed by atoms with Crippen LogP contribution in [0.15, 0.2) is 11.0 Å². The molecule has 0 saturated carbocycles. The molecule has 0 unspecified atom stereocenters. The van der Waals surface area contributed by atoms with Crippen molar-refractivity contribution in [1.29, 1.82) is 0 Å². The van der Waals surface area contributed by atoms with Crippen LogP contribution in [0, 0.1) is 27.7 Å². The molecule has 0 heterocycles. The summed E-state index contributed by atoms with van der Waals surface area (Å²) in [6.45, 7) is 13.9. The Balaban J connectivity index is 2.89. The van der Waals surface area contributed by atoms with Crippen LogP contribution >= 0.6 is 0 Å². The molecule has 27 heavy (non-hydrogen) atoms. The van der Waals surface area contributed by atoms with E-state index in [1.807, 2.05) is 40.7 Å². The fourth-order valence-corrected chi connectivity index (χ4v) is 4.53. The number of carbonyl (C=O) groups excluding carboxylic acids is 2. The molecule has 0 aromatic heterocycles. The third kappa shape index (κ3) is 6.32. The standard InChI is InChI=1S/C19H31N3O4S/c1-11-9-12(2)14(4)17(13(11)3)27(25,26)22-15(5)18(24)20-10-16(23)21-19(6,7)8/h9,15,22H,10H2,1-8H3,(H,20,24)(H,21,23)/t15-/m0/s1. The number of sulfonamides is 1. The Hall–Kier alpha value is -1.93. The molecule has 3 N–H and O–H groups in total. The second kappa shape index (κ2) is 8.39. The number of aryl methyl sites for hydroxylation is 2. The number of benzene rings is 1. The van der Waals surface area contributed by atoms with E-state index in [1.165, 1.54) is 6.92 Å². The van der Waals surface area contributed by atoms with Gasteiger partial charge in [0.1, 0.15) is 0 Å². The second-order valence-electron chi connectivity index (χ2n) is 7.95. The van der Waals surface area contributed by atoms with Crippen LogP contribution in [0.4, 0.5) is 0 Å². The van der Waals surface area contributed by atoms with Gasteiger partial charge in [-0.2, -0.15) is 4.72 Å². The second-order valence-corrected chi connectivity index (χ2v) is 9.60. The predicted molar refractivity (Wildman–Crippen MR) is 106 cm³/mol. The minimum absolute atomic E-state index is 0.199. The zero-order chi connectivity index (χ0) is 21.2. The van der Waals surface area contributed by atoms with E-state index < -0.39 is 27.5 Å². The Morgan fingerprint density at radius 3 is 1.96 bits per heavy atom. The molecule has 0 radical (unpaired) electrons. The first-order chi connectivity index (χ1) is 12.2. The van der Waals surface area contributed by atoms with Crippen molar-refractivity contribution in [3.63, 3.8) is 0 Å². The zero-order valence-corrected chi connectivity index (χ0v) is 18.2. The van der Waals surface area contributed by atoms with Crippen molar-refractivity contribution in [2.45, 2.75) is 71.9 Å². The van der Waals surface area contributed by atoms with E-state index in [9.17, 15) is 18.0 Å². The third-order valence-electron chi connectivity index (χ3n) is 4.23. The number of nitrogens with one attached hydrogen (secondary N) is 3. The molecule has 0 aliphatic heterocycles. The van der Waals surface area contributed by atoms with Gasteiger partial charge < -0.3 is 10.6 Å². The highest BCUT2D eigenvalue weighted by atomic mass is 32.2. The molecule has 152 valence electrons. The van der Waals surface area contributed by atoms with Gasteiger partial charge in [-0.15, -0.1) is 0 Å². The predicted octanol–water partition coefficient (Wildman–Crippen LogP) is 1.62. The molecule has 0 fully saturated rings. The topological polar surface area (TPSA) is 104 Å². The fourth-order valence-electron chi connectivity index (χ4n) is 2.71. The van der Waals surface area contributed by atoms with Crippen LogP contribution in [0.2, 0.25) is 0 Å². The molecule has 1 aromatic carbocycles. The highest BCUT2D eigenvalue weighted by molar-refractivity contribution is 7.89. The van der Waals surface area contributed by atoms with Crippen molar-refractivity contribution >= 4 is 21.8 Å². The molecule has 0 aliphatic carbocycles. The van der Waals surface area contributed by atoms with E-state index in [2.05, 4.69) is 15.4 Å². The van der Waals surface area contributed by atoms with Gasteiger partial charge in [0, 0.05) is 5.54 Å². The monoisotopic (exact) mass is 397 g/mol. The smallest absolute Gasteiger partial charge is 0.241 e. The van der Waals surface area contributed by atoms with Crippen molar-refractivity contribution in [2.24, 2.45) is 0 Å². The van der Waals surface area contributed by atoms with Crippen LogP contribution < -0.4 is 15.4 Å². The molecule has 1 rings (SSSR count). The Kier molecular flexibility index (Phi) is 7.18. The van der Waals surface area contributed by atoms with Gasteiger partial charge in [-0.1, -0.05) is 6.07 Å². The molecule has 0 spiro atoms. The van der Waals surface area contributed by atoms with E-state index in [0.29, 0.717) is 11.1 Å². The molecule has 0 saturated heterocycles. The maximum Gasteiger partial charge on any atom is 0.241 e. The van der Waals surface area contributed by atoms with Gasteiger partial charge in [0.25, 0.3) is 0 Å². The largest absolute Gasteiger partial charge is 0.350 e. The van der Waals surface area contributed by atoms with Crippen LogP contribution in [0.1, 0.15) is 49.9 Å². The van der Waals surface area contributed by atoms with Crippen LogP contribution in [-0.2, 0) is 19.6 Å². The van der Waals surface area contributed by atoms with Crippen molar-refractivity contribution in [3.8, 4) is 0 Å². The zero-order valence-electron chi connectivity index (χ0n) is 17.4. The van der Waals surface area contributed by atoms with Crippen molar-refractivity contribution < 1.29 is 18.0 Å². The molecule has 1 atom stereocenters. The molecule has 2 amide bonds. The summed E-state index contributed by atoms with van der Waals surface area (Å²) >= 11 is 0. The summed E-state index contributed by atoms with van der Waals surface area (Å²) in [6, 6.07) is 0.922. The average molecular weight is 398 g/mol. The third-order valence-corrected chi connectivity index (χ3v) is 6.04. The molecule has 7 nitrogen and oxygen atoms in total. The highest BCUT2D eigenvalue weighted by Crippen LogP contribution is 2.26. The number of rotatable bonds is 6. The highest BCUT2D eigenvalue weighted by Gasteiger charge is 2.26. The van der Waals surface area contributed by atoms with Crippen molar-refractivity contribution in [2.75, 3.05) is 6.54 Å². The van der Waals surface area contributed by atoms with E-state index in [-0.39, 0.29) is 17.3 Å². The number of hydrogen-bond acceptors (Lipinski definition) is 4. The van der Waals surface area contributed by atoms with Gasteiger partial charge in [-0.05, 0) is 77.6 Å². The Bertz CT molecular complexity index is 813. The first-order valence-corrected chi connectivity index (χ1v) is 10.3. The van der Waals surface area contributed by atoms with Gasteiger partial charge >= 0.3 is 0 Å². The minimum Gasteiger partial charge on any atom is -0.350 e. The van der Waals surface area contributed by atoms with Gasteiger partial charge in [0.15, 0.2) is 0 Å². The lowest BCUT2D eigenvalue weighted by atomic mass is 10.0. The van der Waals surface area contributed by atoms with Crippen LogP contribution in [0.5, 0.6) is 0 Å². The normalized spacial score (nSPS) is 13.2. The summed E-state index contributed by atoms with van der Waals surface area (Å²) < 4.78 is 28.1. The Morgan fingerprint density at radius 2 is 1.52 bits per heavy atom. The van der Waals surface area contributed by atoms with Gasteiger partial charge in [-0.25, -0.2) is 8.42 Å². The lowest BCUT2D eigenvalue weighted by Gasteiger charge is -2.21. The van der Waals surface area contributed by atoms with Crippen LogP contribution in [-0.4, -0.2) is 38.4 Å². The van der Waals surface area contributed by atoms with E-state index in [4.69, 9.17) is 0 Å². The minimum atomic E-state index is -3.89. The number of hydrogen-bond donors (Lipinski definition) is 3. The molecule has 0 bridgehead atoms. The molecule has 1 aromatic rings. The summed E-state index contributed by atoms with van der Waals surface area (Å²) in [5.41, 5.74) is 2.64. The van der Waals surface area contributed by atoms with Gasteiger partial charge in [-0.3, -0.25) is 9.59 Å². The summed E-state index contributed by atoms with van der Waals surface area (Å²) in [5.74, 6) is -0.908. The Morgan fingerprint density at radius 1 is 1.04 bits per heavy atom. The Labute approximate surface area is 162 Å². The van der Waals surface area contributed by atoms with Gasteiger partial charge in [0.2, 0.25) is 21.8 Å². The van der Waals surface area contributed by atoms with Crippen molar-refractivity contribution in [3.05, 3.63) is 28.3 Å². The van der Waals surface area contributed by atoms with Crippen LogP contribution in [0.3, 0.4) is 0 Å². The summed E-state index contributed by atoms with van der Waals surface area (Å²) in [7, 11) is -3.89. The first-order valence-electron chi connectivity index (χ1n) is 8.84. The van der Waals surface area contributed by atoms with Crippen molar-refractivity contribution in [1.82, 2.24) is 15.4 Å². The summed E-state index contributed by atoms with van der Waals surface area (Å²) in [5, 5.41) is 5.18. The molecular weight excluding hydrogens is 366 g/mol. The van der Waals surface area contributed by atoms with E-state index in [0.717, 1.165) is 11.1 Å². The van der Waals surface area contributed by atoms with E-state index >= 15 is 0 Å². The first kappa shape index (κ1) is 23.1. The molecule has 0 aliphatic rings.